The Bertz CT molecular complexity index is 723. The van der Waals surface area contributed by atoms with Crippen molar-refractivity contribution in [3.05, 3.63) is 65.7 Å². The minimum absolute atomic E-state index is 0.0220. The van der Waals surface area contributed by atoms with E-state index in [1.54, 1.807) is 30.3 Å². The van der Waals surface area contributed by atoms with Crippen molar-refractivity contribution in [2.24, 2.45) is 5.73 Å². The fourth-order valence-corrected chi connectivity index (χ4v) is 2.15. The third-order valence-corrected chi connectivity index (χ3v) is 3.56. The summed E-state index contributed by atoms with van der Waals surface area (Å²) in [6, 6.07) is 12.2. The number of aliphatic hydroxyl groups is 1. The molecule has 2 unspecified atom stereocenters. The summed E-state index contributed by atoms with van der Waals surface area (Å²) in [5, 5.41) is 12.3. The van der Waals surface area contributed by atoms with Gasteiger partial charge in [-0.1, -0.05) is 36.4 Å². The van der Waals surface area contributed by atoms with E-state index in [1.165, 1.54) is 12.1 Å². The van der Waals surface area contributed by atoms with Gasteiger partial charge in [0, 0.05) is 6.54 Å². The maximum atomic E-state index is 12.6. The van der Waals surface area contributed by atoms with Crippen LogP contribution in [0.5, 0.6) is 5.75 Å². The van der Waals surface area contributed by atoms with Crippen molar-refractivity contribution in [1.29, 1.82) is 0 Å². The Morgan fingerprint density at radius 1 is 1.15 bits per heavy atom. The lowest BCUT2D eigenvalue weighted by molar-refractivity contribution is -0.137. The van der Waals surface area contributed by atoms with Crippen LogP contribution in [0.3, 0.4) is 0 Å². The second-order valence-corrected chi connectivity index (χ2v) is 5.62. The molecule has 1 amide bonds. The molecule has 26 heavy (non-hydrogen) atoms. The number of nitrogens with two attached hydrogens (primary N) is 1. The maximum Gasteiger partial charge on any atom is 0.416 e. The molecule has 0 heterocycles. The monoisotopic (exact) mass is 368 g/mol. The summed E-state index contributed by atoms with van der Waals surface area (Å²) in [7, 11) is 0. The lowest BCUT2D eigenvalue weighted by Crippen LogP contribution is -2.40. The van der Waals surface area contributed by atoms with Crippen LogP contribution in [0.1, 0.15) is 17.2 Å². The van der Waals surface area contributed by atoms with Crippen LogP contribution < -0.4 is 15.8 Å². The van der Waals surface area contributed by atoms with E-state index in [9.17, 15) is 23.1 Å². The molecule has 5 nitrogen and oxygen atoms in total. The molecule has 0 saturated carbocycles. The normalized spacial score (nSPS) is 13.7. The van der Waals surface area contributed by atoms with Gasteiger partial charge in [-0.15, -0.1) is 0 Å². The van der Waals surface area contributed by atoms with Crippen molar-refractivity contribution in [3.8, 4) is 5.75 Å². The highest BCUT2D eigenvalue weighted by molar-refractivity contribution is 5.82. The summed E-state index contributed by atoms with van der Waals surface area (Å²) in [5.41, 5.74) is 5.60. The number of rotatable bonds is 7. The molecule has 0 aliphatic carbocycles. The number of carbonyl (C=O) groups is 1. The van der Waals surface area contributed by atoms with Crippen molar-refractivity contribution >= 4 is 5.91 Å². The lowest BCUT2D eigenvalue weighted by Gasteiger charge is -2.16. The first-order valence-corrected chi connectivity index (χ1v) is 7.83. The van der Waals surface area contributed by atoms with E-state index in [0.717, 1.165) is 12.1 Å². The first-order valence-electron chi connectivity index (χ1n) is 7.83. The molecule has 2 aromatic carbocycles. The predicted molar refractivity (Wildman–Crippen MR) is 89.3 cm³/mol. The Kier molecular flexibility index (Phi) is 6.59. The summed E-state index contributed by atoms with van der Waals surface area (Å²) < 4.78 is 43.0. The SMILES string of the molecule is NC(C(=O)NCC(O)COc1cccc(C(F)(F)F)c1)c1ccccc1. The second kappa shape index (κ2) is 8.68. The molecule has 0 radical (unpaired) electrons. The highest BCUT2D eigenvalue weighted by Crippen LogP contribution is 2.31. The van der Waals surface area contributed by atoms with Gasteiger partial charge in [0.25, 0.3) is 0 Å². The molecule has 8 heteroatoms. The van der Waals surface area contributed by atoms with Crippen LogP contribution in [0.15, 0.2) is 54.6 Å². The van der Waals surface area contributed by atoms with Crippen LogP contribution >= 0.6 is 0 Å². The average Bonchev–Trinajstić information content (AvgIpc) is 2.64. The Hall–Kier alpha value is -2.58. The van der Waals surface area contributed by atoms with E-state index in [-0.39, 0.29) is 18.9 Å². The topological polar surface area (TPSA) is 84.6 Å². The number of halogens is 3. The van der Waals surface area contributed by atoms with Crippen LogP contribution in [0.2, 0.25) is 0 Å². The number of benzene rings is 2. The smallest absolute Gasteiger partial charge is 0.416 e. The fourth-order valence-electron chi connectivity index (χ4n) is 2.15. The standard InChI is InChI=1S/C18H19F3N2O3/c19-18(20,21)13-7-4-8-15(9-13)26-11-14(24)10-23-17(25)16(22)12-5-2-1-3-6-12/h1-9,14,16,24H,10-11,22H2,(H,23,25). The van der Waals surface area contributed by atoms with Gasteiger partial charge >= 0.3 is 6.18 Å². The van der Waals surface area contributed by atoms with E-state index in [2.05, 4.69) is 5.32 Å². The molecule has 0 aliphatic rings. The van der Waals surface area contributed by atoms with Gasteiger partial charge < -0.3 is 20.9 Å². The highest BCUT2D eigenvalue weighted by Gasteiger charge is 2.30. The van der Waals surface area contributed by atoms with Crippen LogP contribution in [0, 0.1) is 0 Å². The second-order valence-electron chi connectivity index (χ2n) is 5.62. The molecule has 140 valence electrons. The van der Waals surface area contributed by atoms with Crippen LogP contribution in [0.4, 0.5) is 13.2 Å². The Morgan fingerprint density at radius 2 is 1.85 bits per heavy atom. The molecule has 0 spiro atoms. The molecule has 0 aromatic heterocycles. The van der Waals surface area contributed by atoms with Crippen LogP contribution in [0.25, 0.3) is 0 Å². The zero-order valence-corrected chi connectivity index (χ0v) is 13.7. The number of amides is 1. The van der Waals surface area contributed by atoms with E-state index in [0.29, 0.717) is 5.56 Å². The highest BCUT2D eigenvalue weighted by atomic mass is 19.4. The number of hydrogen-bond donors (Lipinski definition) is 3. The van der Waals surface area contributed by atoms with Crippen molar-refractivity contribution in [2.45, 2.75) is 18.3 Å². The van der Waals surface area contributed by atoms with Gasteiger partial charge in [-0.25, -0.2) is 0 Å². The number of hydrogen-bond acceptors (Lipinski definition) is 4. The maximum absolute atomic E-state index is 12.6. The molecular formula is C18H19F3N2O3. The Morgan fingerprint density at radius 3 is 2.50 bits per heavy atom. The number of nitrogens with one attached hydrogen (secondary N) is 1. The minimum Gasteiger partial charge on any atom is -0.491 e. The van der Waals surface area contributed by atoms with Crippen LogP contribution in [-0.4, -0.2) is 30.3 Å². The zero-order valence-electron chi connectivity index (χ0n) is 13.7. The Labute approximate surface area is 148 Å². The molecule has 4 N–H and O–H groups in total. The molecule has 2 rings (SSSR count). The summed E-state index contributed by atoms with van der Waals surface area (Å²) in [6.07, 6.45) is -5.57. The van der Waals surface area contributed by atoms with Gasteiger partial charge in [-0.05, 0) is 23.8 Å². The summed E-state index contributed by atoms with van der Waals surface area (Å²) >= 11 is 0. The summed E-state index contributed by atoms with van der Waals surface area (Å²) in [4.78, 5) is 12.0. The van der Waals surface area contributed by atoms with Gasteiger partial charge in [0.1, 0.15) is 24.5 Å². The van der Waals surface area contributed by atoms with Crippen molar-refractivity contribution < 1.29 is 27.8 Å². The van der Waals surface area contributed by atoms with Crippen molar-refractivity contribution in [2.75, 3.05) is 13.2 Å². The van der Waals surface area contributed by atoms with E-state index in [4.69, 9.17) is 10.5 Å². The largest absolute Gasteiger partial charge is 0.491 e. The quantitative estimate of drug-likeness (QED) is 0.700. The van der Waals surface area contributed by atoms with Crippen molar-refractivity contribution in [1.82, 2.24) is 5.32 Å². The number of ether oxygens (including phenoxy) is 1. The van der Waals surface area contributed by atoms with Gasteiger partial charge in [-0.3, -0.25) is 4.79 Å². The molecule has 0 bridgehead atoms. The van der Waals surface area contributed by atoms with E-state index in [1.807, 2.05) is 0 Å². The first-order chi connectivity index (χ1) is 12.3. The van der Waals surface area contributed by atoms with Gasteiger partial charge in [0.2, 0.25) is 5.91 Å². The van der Waals surface area contributed by atoms with Crippen LogP contribution in [-0.2, 0) is 11.0 Å². The third-order valence-electron chi connectivity index (χ3n) is 3.56. The summed E-state index contributed by atoms with van der Waals surface area (Å²) in [6.45, 7) is -0.416. The molecule has 0 aliphatic heterocycles. The average molecular weight is 368 g/mol. The molecular weight excluding hydrogens is 349 g/mol. The van der Waals surface area contributed by atoms with Crippen molar-refractivity contribution in [3.63, 3.8) is 0 Å². The lowest BCUT2D eigenvalue weighted by atomic mass is 10.1. The Balaban J connectivity index is 1.80. The fraction of sp³-hybridized carbons (Fsp3) is 0.278. The molecule has 2 aromatic rings. The molecule has 2 atom stereocenters. The first kappa shape index (κ1) is 19.7. The summed E-state index contributed by atoms with van der Waals surface area (Å²) in [5.74, 6) is -0.500. The number of alkyl halides is 3. The van der Waals surface area contributed by atoms with E-state index < -0.39 is 29.8 Å². The minimum atomic E-state index is -4.47. The van der Waals surface area contributed by atoms with Gasteiger partial charge in [0.05, 0.1) is 5.56 Å². The predicted octanol–water partition coefficient (Wildman–Crippen LogP) is 2.26. The number of aliphatic hydroxyl groups excluding tert-OH is 1. The molecule has 0 saturated heterocycles. The van der Waals surface area contributed by atoms with Gasteiger partial charge in [0.15, 0.2) is 0 Å². The zero-order chi connectivity index (χ0) is 19.2. The van der Waals surface area contributed by atoms with Gasteiger partial charge in [-0.2, -0.15) is 13.2 Å². The third kappa shape index (κ3) is 5.75. The molecule has 0 fully saturated rings. The number of carbonyl (C=O) groups excluding carboxylic acids is 1. The van der Waals surface area contributed by atoms with E-state index >= 15 is 0 Å².